The van der Waals surface area contributed by atoms with Crippen molar-refractivity contribution in [3.8, 4) is 39.3 Å². The lowest BCUT2D eigenvalue weighted by Gasteiger charge is -2.13. The van der Waals surface area contributed by atoms with Crippen molar-refractivity contribution in [3.05, 3.63) is 140 Å². The molecule has 0 amide bonds. The molecule has 5 aromatic carbocycles. The van der Waals surface area contributed by atoms with Gasteiger partial charge in [-0.1, -0.05) is 109 Å². The molecule has 0 fully saturated rings. The molecule has 0 aliphatic heterocycles. The minimum atomic E-state index is 0.756. The molecule has 2 radical (unpaired) electrons. The fraction of sp³-hybridized carbons (Fsp3) is 0. The van der Waals surface area contributed by atoms with Gasteiger partial charge >= 0.3 is 0 Å². The number of pyridine rings is 1. The predicted molar refractivity (Wildman–Crippen MR) is 160 cm³/mol. The molecule has 176 valence electrons. The molecule has 0 aliphatic rings. The topological polar surface area (TPSA) is 17.8 Å². The maximum Gasteiger partial charge on any atom is 0.113 e. The van der Waals surface area contributed by atoms with E-state index in [0.29, 0.717) is 0 Å². The molecule has 0 N–H and O–H groups in total. The highest BCUT2D eigenvalue weighted by molar-refractivity contribution is 6.33. The van der Waals surface area contributed by atoms with Crippen LogP contribution < -0.4 is 5.46 Å². The van der Waals surface area contributed by atoms with Crippen molar-refractivity contribution < 1.29 is 0 Å². The van der Waals surface area contributed by atoms with Crippen LogP contribution in [0.3, 0.4) is 0 Å². The Hall–Kier alpha value is -4.89. The number of hydrogen-bond acceptors (Lipinski definition) is 1. The van der Waals surface area contributed by atoms with E-state index in [9.17, 15) is 0 Å². The monoisotopic (exact) mass is 482 g/mol. The molecule has 0 atom stereocenters. The average molecular weight is 482 g/mol. The van der Waals surface area contributed by atoms with E-state index in [1.54, 1.807) is 0 Å². The summed E-state index contributed by atoms with van der Waals surface area (Å²) in [5.74, 6) is 0. The van der Waals surface area contributed by atoms with Crippen LogP contribution in [0.4, 0.5) is 0 Å². The third-order valence-electron chi connectivity index (χ3n) is 7.10. The molecule has 0 spiro atoms. The van der Waals surface area contributed by atoms with E-state index in [0.717, 1.165) is 55.8 Å². The van der Waals surface area contributed by atoms with Crippen LogP contribution in [0.25, 0.3) is 61.1 Å². The maximum atomic E-state index is 6.24. The molecule has 0 aliphatic carbocycles. The van der Waals surface area contributed by atoms with Gasteiger partial charge in [0.1, 0.15) is 7.85 Å². The Labute approximate surface area is 223 Å². The van der Waals surface area contributed by atoms with E-state index in [-0.39, 0.29) is 0 Å². The second-order valence-electron chi connectivity index (χ2n) is 9.54. The zero-order valence-electron chi connectivity index (χ0n) is 20.8. The van der Waals surface area contributed by atoms with Gasteiger partial charge in [0.05, 0.1) is 22.4 Å². The van der Waals surface area contributed by atoms with Crippen LogP contribution in [0.1, 0.15) is 0 Å². The van der Waals surface area contributed by atoms with Gasteiger partial charge in [-0.05, 0) is 47.5 Å². The minimum absolute atomic E-state index is 0.756. The number of hydrogen-bond donors (Lipinski definition) is 0. The van der Waals surface area contributed by atoms with Crippen molar-refractivity contribution in [3.63, 3.8) is 0 Å². The molecule has 3 heteroatoms. The summed E-state index contributed by atoms with van der Waals surface area (Å²) in [7, 11) is 6.24. The van der Waals surface area contributed by atoms with Crippen LogP contribution in [0.5, 0.6) is 0 Å². The van der Waals surface area contributed by atoms with Gasteiger partial charge in [0.25, 0.3) is 0 Å². The molecule has 0 unspecified atom stereocenters. The first-order chi connectivity index (χ1) is 18.7. The second kappa shape index (κ2) is 9.21. The van der Waals surface area contributed by atoms with Gasteiger partial charge in [-0.15, -0.1) is 0 Å². The van der Waals surface area contributed by atoms with Crippen LogP contribution in [-0.2, 0) is 0 Å². The van der Waals surface area contributed by atoms with Gasteiger partial charge < -0.3 is 4.57 Å². The van der Waals surface area contributed by atoms with E-state index in [1.807, 2.05) is 18.2 Å². The van der Waals surface area contributed by atoms with E-state index in [4.69, 9.17) is 12.8 Å². The molecular formula is C35H23BN2. The summed E-state index contributed by atoms with van der Waals surface area (Å²) in [6.45, 7) is 0. The first-order valence-electron chi connectivity index (χ1n) is 12.8. The molecule has 38 heavy (non-hydrogen) atoms. The zero-order valence-corrected chi connectivity index (χ0v) is 20.8. The fourth-order valence-corrected chi connectivity index (χ4v) is 5.30. The normalized spacial score (nSPS) is 11.3. The Balaban J connectivity index is 1.44. The third kappa shape index (κ3) is 3.90. The molecule has 7 aromatic rings. The number of aromatic nitrogens is 2. The molecule has 2 nitrogen and oxygen atoms in total. The Morgan fingerprint density at radius 2 is 1.05 bits per heavy atom. The van der Waals surface area contributed by atoms with Crippen molar-refractivity contribution in [1.82, 2.24) is 9.55 Å². The summed E-state index contributed by atoms with van der Waals surface area (Å²) in [6.07, 6.45) is 0. The first kappa shape index (κ1) is 22.3. The van der Waals surface area contributed by atoms with E-state index >= 15 is 0 Å². The molecule has 7 rings (SSSR count). The van der Waals surface area contributed by atoms with Crippen LogP contribution in [0.2, 0.25) is 0 Å². The Morgan fingerprint density at radius 1 is 0.447 bits per heavy atom. The summed E-state index contributed by atoms with van der Waals surface area (Å²) < 4.78 is 2.31. The zero-order chi connectivity index (χ0) is 25.5. The third-order valence-corrected chi connectivity index (χ3v) is 7.10. The largest absolute Gasteiger partial charge is 0.309 e. The minimum Gasteiger partial charge on any atom is -0.309 e. The average Bonchev–Trinajstić information content (AvgIpc) is 3.31. The number of fused-ring (bicyclic) bond motifs is 3. The number of rotatable bonds is 4. The van der Waals surface area contributed by atoms with Gasteiger partial charge in [-0.2, -0.15) is 0 Å². The quantitative estimate of drug-likeness (QED) is 0.233. The molecule has 2 aromatic heterocycles. The number of para-hydroxylation sites is 1. The van der Waals surface area contributed by atoms with Crippen LogP contribution in [0.15, 0.2) is 140 Å². The summed E-state index contributed by atoms with van der Waals surface area (Å²) in [5.41, 5.74) is 10.5. The predicted octanol–water partition coefficient (Wildman–Crippen LogP) is 7.97. The van der Waals surface area contributed by atoms with Crippen molar-refractivity contribution in [2.24, 2.45) is 0 Å². The van der Waals surface area contributed by atoms with Gasteiger partial charge in [0.15, 0.2) is 0 Å². The highest BCUT2D eigenvalue weighted by Crippen LogP contribution is 2.34. The first-order valence-corrected chi connectivity index (χ1v) is 12.8. The van der Waals surface area contributed by atoms with E-state index in [1.165, 1.54) is 10.8 Å². The summed E-state index contributed by atoms with van der Waals surface area (Å²) in [5, 5.41) is 2.41. The SMILES string of the molecule is [B]c1ccc2c3ccccc3n(-c3cccc(-c4cc(-c5ccccc5)nc(-c5ccccc5)c4)c3)c2c1. The lowest BCUT2D eigenvalue weighted by molar-refractivity contribution is 1.18. The number of benzene rings is 5. The molecule has 0 saturated heterocycles. The summed E-state index contributed by atoms with van der Waals surface area (Å²) in [4.78, 5) is 5.04. The second-order valence-corrected chi connectivity index (χ2v) is 9.54. The Kier molecular flexibility index (Phi) is 5.41. The van der Waals surface area contributed by atoms with Crippen molar-refractivity contribution in [2.75, 3.05) is 0 Å². The fourth-order valence-electron chi connectivity index (χ4n) is 5.30. The standard InChI is InChI=1S/C35H23BN2/c36-28-18-19-31-30-16-7-8-17-34(30)38(35(31)23-28)29-15-9-14-26(20-29)27-21-32(24-10-3-1-4-11-24)37-33(22-27)25-12-5-2-6-13-25/h1-23H. The highest BCUT2D eigenvalue weighted by atomic mass is 15.0. The van der Waals surface area contributed by atoms with Gasteiger partial charge in [-0.3, -0.25) is 0 Å². The molecule has 2 heterocycles. The van der Waals surface area contributed by atoms with Crippen molar-refractivity contribution in [1.29, 1.82) is 0 Å². The maximum absolute atomic E-state index is 6.24. The van der Waals surface area contributed by atoms with Crippen LogP contribution >= 0.6 is 0 Å². The molecule has 0 saturated carbocycles. The highest BCUT2D eigenvalue weighted by Gasteiger charge is 2.14. The lowest BCUT2D eigenvalue weighted by atomic mass is 9.95. The molecule has 0 bridgehead atoms. The smallest absolute Gasteiger partial charge is 0.113 e. The van der Waals surface area contributed by atoms with E-state index < -0.39 is 0 Å². The van der Waals surface area contributed by atoms with Crippen LogP contribution in [-0.4, -0.2) is 17.4 Å². The van der Waals surface area contributed by atoms with Crippen molar-refractivity contribution in [2.45, 2.75) is 0 Å². The summed E-state index contributed by atoms with van der Waals surface area (Å²) in [6, 6.07) is 48.5. The van der Waals surface area contributed by atoms with Gasteiger partial charge in [0, 0.05) is 27.6 Å². The number of nitrogens with zero attached hydrogens (tertiary/aromatic N) is 2. The lowest BCUT2D eigenvalue weighted by Crippen LogP contribution is -2.02. The Morgan fingerprint density at radius 3 is 1.76 bits per heavy atom. The van der Waals surface area contributed by atoms with Crippen LogP contribution in [0, 0.1) is 0 Å². The molecular weight excluding hydrogens is 459 g/mol. The van der Waals surface area contributed by atoms with Gasteiger partial charge in [0.2, 0.25) is 0 Å². The Bertz CT molecular complexity index is 1860. The van der Waals surface area contributed by atoms with Gasteiger partial charge in [-0.25, -0.2) is 4.98 Å². The summed E-state index contributed by atoms with van der Waals surface area (Å²) >= 11 is 0. The van der Waals surface area contributed by atoms with E-state index in [2.05, 4.69) is 126 Å². The van der Waals surface area contributed by atoms with Crippen molar-refractivity contribution >= 4 is 35.1 Å².